The van der Waals surface area contributed by atoms with Crippen LogP contribution in [-0.4, -0.2) is 14.8 Å². The molecule has 6 heteroatoms. The predicted molar refractivity (Wildman–Crippen MR) is 119 cm³/mol. The maximum Gasteiger partial charge on any atom is 0.191 e. The first-order chi connectivity index (χ1) is 13.6. The van der Waals surface area contributed by atoms with Gasteiger partial charge in [-0.1, -0.05) is 71.9 Å². The number of thioether (sulfide) groups is 1. The molecule has 2 aromatic carbocycles. The summed E-state index contributed by atoms with van der Waals surface area (Å²) in [6.07, 6.45) is 1.86. The summed E-state index contributed by atoms with van der Waals surface area (Å²) in [5, 5.41) is 9.56. The van der Waals surface area contributed by atoms with Crippen molar-refractivity contribution in [3.05, 3.63) is 82.6 Å². The van der Waals surface area contributed by atoms with E-state index in [4.69, 9.17) is 4.74 Å². The number of aromatic nitrogens is 3. The Morgan fingerprint density at radius 2 is 1.82 bits per heavy atom. The van der Waals surface area contributed by atoms with Gasteiger partial charge >= 0.3 is 0 Å². The molecule has 1 heterocycles. The monoisotopic (exact) mass is 457 g/mol. The highest BCUT2D eigenvalue weighted by Crippen LogP contribution is 2.24. The van der Waals surface area contributed by atoms with Gasteiger partial charge in [-0.15, -0.1) is 16.8 Å². The van der Waals surface area contributed by atoms with E-state index in [1.54, 1.807) is 11.8 Å². The minimum absolute atomic E-state index is 0.376. The van der Waals surface area contributed by atoms with Gasteiger partial charge in [0.05, 0.1) is 0 Å². The normalized spacial score (nSPS) is 11.0. The molecule has 0 aliphatic heterocycles. The van der Waals surface area contributed by atoms with Gasteiger partial charge in [0, 0.05) is 16.8 Å². The molecule has 0 aliphatic rings. The SMILES string of the molecule is C=CCn1c(COc2ccc(C(C)C)cc2)nnc1SCc1ccc(Br)cc1. The quantitative estimate of drug-likeness (QED) is 0.282. The lowest BCUT2D eigenvalue weighted by Crippen LogP contribution is -2.07. The molecule has 3 aromatic rings. The Labute approximate surface area is 179 Å². The molecule has 0 unspecified atom stereocenters. The van der Waals surface area contributed by atoms with Crippen molar-refractivity contribution in [2.24, 2.45) is 0 Å². The molecule has 0 N–H and O–H groups in total. The molecule has 0 saturated carbocycles. The van der Waals surface area contributed by atoms with E-state index < -0.39 is 0 Å². The van der Waals surface area contributed by atoms with Crippen molar-refractivity contribution < 1.29 is 4.74 Å². The molecule has 0 spiro atoms. The lowest BCUT2D eigenvalue weighted by molar-refractivity contribution is 0.289. The molecule has 0 aliphatic carbocycles. The summed E-state index contributed by atoms with van der Waals surface area (Å²) in [4.78, 5) is 0. The third-order valence-corrected chi connectivity index (χ3v) is 5.87. The third kappa shape index (κ3) is 5.49. The first-order valence-electron chi connectivity index (χ1n) is 9.19. The van der Waals surface area contributed by atoms with Crippen molar-refractivity contribution in [3.63, 3.8) is 0 Å². The maximum atomic E-state index is 5.93. The first-order valence-corrected chi connectivity index (χ1v) is 11.0. The smallest absolute Gasteiger partial charge is 0.191 e. The Morgan fingerprint density at radius 3 is 2.46 bits per heavy atom. The van der Waals surface area contributed by atoms with Gasteiger partial charge in [0.1, 0.15) is 12.4 Å². The number of nitrogens with zero attached hydrogens (tertiary/aromatic N) is 3. The van der Waals surface area contributed by atoms with Gasteiger partial charge < -0.3 is 4.74 Å². The zero-order valence-corrected chi connectivity index (χ0v) is 18.5. The van der Waals surface area contributed by atoms with E-state index in [-0.39, 0.29) is 0 Å². The van der Waals surface area contributed by atoms with Gasteiger partial charge in [0.25, 0.3) is 0 Å². The topological polar surface area (TPSA) is 39.9 Å². The van der Waals surface area contributed by atoms with Crippen LogP contribution in [0, 0.1) is 0 Å². The fraction of sp³-hybridized carbons (Fsp3) is 0.273. The molecular weight excluding hydrogens is 434 g/mol. The van der Waals surface area contributed by atoms with Crippen LogP contribution in [0.15, 0.2) is 70.8 Å². The molecule has 0 saturated heterocycles. The lowest BCUT2D eigenvalue weighted by Gasteiger charge is -2.10. The van der Waals surface area contributed by atoms with Crippen molar-refractivity contribution in [2.45, 2.75) is 43.8 Å². The minimum Gasteiger partial charge on any atom is -0.486 e. The van der Waals surface area contributed by atoms with Crippen molar-refractivity contribution >= 4 is 27.7 Å². The fourth-order valence-corrected chi connectivity index (χ4v) is 3.86. The molecule has 0 bridgehead atoms. The van der Waals surface area contributed by atoms with Crippen LogP contribution < -0.4 is 4.74 Å². The Hall–Kier alpha value is -2.05. The molecule has 28 heavy (non-hydrogen) atoms. The van der Waals surface area contributed by atoms with Crippen LogP contribution in [0.3, 0.4) is 0 Å². The summed E-state index contributed by atoms with van der Waals surface area (Å²) in [6, 6.07) is 16.5. The Morgan fingerprint density at radius 1 is 1.11 bits per heavy atom. The molecule has 4 nitrogen and oxygen atoms in total. The molecule has 146 valence electrons. The summed E-state index contributed by atoms with van der Waals surface area (Å²) in [7, 11) is 0. The van der Waals surface area contributed by atoms with Crippen molar-refractivity contribution in [2.75, 3.05) is 0 Å². The van der Waals surface area contributed by atoms with E-state index in [9.17, 15) is 0 Å². The minimum atomic E-state index is 0.376. The van der Waals surface area contributed by atoms with Gasteiger partial charge in [-0.05, 0) is 41.3 Å². The lowest BCUT2D eigenvalue weighted by atomic mass is 10.0. The standard InChI is InChI=1S/C22H24BrN3OS/c1-4-13-26-21(14-27-20-11-7-18(8-12-20)16(2)3)24-25-22(26)28-15-17-5-9-19(23)10-6-17/h4-12,16H,1,13-15H2,2-3H3. The largest absolute Gasteiger partial charge is 0.486 e. The van der Waals surface area contributed by atoms with Crippen molar-refractivity contribution in [1.29, 1.82) is 0 Å². The van der Waals surface area contributed by atoms with Crippen LogP contribution in [0.4, 0.5) is 0 Å². The average Bonchev–Trinajstić information content (AvgIpc) is 3.08. The highest BCUT2D eigenvalue weighted by molar-refractivity contribution is 9.10. The first kappa shape index (κ1) is 20.7. The Balaban J connectivity index is 1.65. The van der Waals surface area contributed by atoms with E-state index in [1.807, 2.05) is 30.3 Å². The van der Waals surface area contributed by atoms with Crippen molar-refractivity contribution in [3.8, 4) is 5.75 Å². The summed E-state index contributed by atoms with van der Waals surface area (Å²) in [5.41, 5.74) is 2.54. The molecule has 0 atom stereocenters. The zero-order chi connectivity index (χ0) is 19.9. The van der Waals surface area contributed by atoms with E-state index in [0.29, 0.717) is 19.1 Å². The van der Waals surface area contributed by atoms with Crippen LogP contribution in [0.1, 0.15) is 36.7 Å². The third-order valence-electron chi connectivity index (χ3n) is 4.30. The van der Waals surface area contributed by atoms with E-state index in [1.165, 1.54) is 11.1 Å². The number of ether oxygens (including phenoxy) is 1. The second kappa shape index (κ2) is 9.94. The highest BCUT2D eigenvalue weighted by atomic mass is 79.9. The summed E-state index contributed by atoms with van der Waals surface area (Å²) >= 11 is 5.13. The van der Waals surface area contributed by atoms with Crippen LogP contribution in [0.5, 0.6) is 5.75 Å². The van der Waals surface area contributed by atoms with Crippen LogP contribution in [0.2, 0.25) is 0 Å². The number of hydrogen-bond donors (Lipinski definition) is 0. The molecule has 0 fully saturated rings. The number of hydrogen-bond acceptors (Lipinski definition) is 4. The Kier molecular flexibility index (Phi) is 7.34. The number of benzene rings is 2. The van der Waals surface area contributed by atoms with Crippen molar-refractivity contribution in [1.82, 2.24) is 14.8 Å². The zero-order valence-electron chi connectivity index (χ0n) is 16.1. The van der Waals surface area contributed by atoms with E-state index >= 15 is 0 Å². The predicted octanol–water partition coefficient (Wildman–Crippen LogP) is 6.22. The molecular formula is C22H24BrN3OS. The van der Waals surface area contributed by atoms with Crippen LogP contribution >= 0.6 is 27.7 Å². The van der Waals surface area contributed by atoms with Gasteiger partial charge in [0.15, 0.2) is 11.0 Å². The number of allylic oxidation sites excluding steroid dienone is 1. The average molecular weight is 458 g/mol. The molecule has 3 rings (SSSR count). The molecule has 0 radical (unpaired) electrons. The second-order valence-electron chi connectivity index (χ2n) is 6.73. The summed E-state index contributed by atoms with van der Waals surface area (Å²) < 4.78 is 9.07. The van der Waals surface area contributed by atoms with Gasteiger partial charge in [-0.25, -0.2) is 0 Å². The van der Waals surface area contributed by atoms with Crippen LogP contribution in [-0.2, 0) is 18.9 Å². The van der Waals surface area contributed by atoms with Gasteiger partial charge in [-0.2, -0.15) is 0 Å². The maximum absolute atomic E-state index is 5.93. The highest BCUT2D eigenvalue weighted by Gasteiger charge is 2.13. The summed E-state index contributed by atoms with van der Waals surface area (Å²) in [6.45, 7) is 9.25. The molecule has 0 amide bonds. The number of halogens is 1. The second-order valence-corrected chi connectivity index (χ2v) is 8.58. The van der Waals surface area contributed by atoms with Crippen LogP contribution in [0.25, 0.3) is 0 Å². The fourth-order valence-electron chi connectivity index (χ4n) is 2.67. The van der Waals surface area contributed by atoms with Gasteiger partial charge in [-0.3, -0.25) is 4.57 Å². The van der Waals surface area contributed by atoms with Gasteiger partial charge in [0.2, 0.25) is 0 Å². The Bertz CT molecular complexity index is 905. The van der Waals surface area contributed by atoms with E-state index in [2.05, 4.69) is 75.4 Å². The number of rotatable bonds is 9. The summed E-state index contributed by atoms with van der Waals surface area (Å²) in [5.74, 6) is 2.97. The molecule has 1 aromatic heterocycles. The van der Waals surface area contributed by atoms with E-state index in [0.717, 1.165) is 27.0 Å².